The number of carbonyl (C=O) groups is 1. The van der Waals surface area contributed by atoms with Gasteiger partial charge in [0.05, 0.1) is 0 Å². The van der Waals surface area contributed by atoms with Crippen molar-refractivity contribution in [2.45, 2.75) is 20.8 Å². The van der Waals surface area contributed by atoms with E-state index in [2.05, 4.69) is 10.6 Å². The molecule has 0 radical (unpaired) electrons. The van der Waals surface area contributed by atoms with E-state index in [0.29, 0.717) is 24.7 Å². The van der Waals surface area contributed by atoms with Crippen LogP contribution >= 0.6 is 0 Å². The summed E-state index contributed by atoms with van der Waals surface area (Å²) in [5.74, 6) is 0.266. The van der Waals surface area contributed by atoms with E-state index < -0.39 is 0 Å². The van der Waals surface area contributed by atoms with Gasteiger partial charge in [0.2, 0.25) is 11.6 Å². The predicted molar refractivity (Wildman–Crippen MR) is 75.6 cm³/mol. The van der Waals surface area contributed by atoms with Crippen molar-refractivity contribution in [1.82, 2.24) is 5.32 Å². The maximum absolute atomic E-state index is 11.4. The zero-order chi connectivity index (χ0) is 14.3. The lowest BCUT2D eigenvalue weighted by Crippen LogP contribution is -2.31. The van der Waals surface area contributed by atoms with Crippen molar-refractivity contribution in [2.75, 3.05) is 18.4 Å². The first-order valence-corrected chi connectivity index (χ1v) is 6.39. The number of hydrogen-bond acceptors (Lipinski definition) is 3. The van der Waals surface area contributed by atoms with Crippen LogP contribution in [0.4, 0.5) is 5.69 Å². The van der Waals surface area contributed by atoms with E-state index in [4.69, 9.17) is 0 Å². The van der Waals surface area contributed by atoms with Gasteiger partial charge in [-0.05, 0) is 18.1 Å². The Hall–Kier alpha value is -2.04. The Bertz CT molecular complexity index is 456. The molecule has 0 aliphatic heterocycles. The first-order chi connectivity index (χ1) is 9.00. The monoisotopic (exact) mass is 263 g/mol. The summed E-state index contributed by atoms with van der Waals surface area (Å²) in [5.41, 5.74) is 1.40. The van der Waals surface area contributed by atoms with E-state index in [0.717, 1.165) is 10.4 Å². The minimum atomic E-state index is -0.0980. The Balaban J connectivity index is 2.31. The van der Waals surface area contributed by atoms with Crippen LogP contribution in [0.25, 0.3) is 0 Å². The average Bonchev–Trinajstić information content (AvgIpc) is 2.37. The molecule has 0 saturated carbocycles. The molecule has 19 heavy (non-hydrogen) atoms. The van der Waals surface area contributed by atoms with Gasteiger partial charge in [-0.3, -0.25) is 4.79 Å². The number of carbonyl (C=O) groups excluding carboxylic acids is 1. The SMILES string of the molecule is Cc1c(NCCNC(=O)C=CC(C)C)ccc[n+]1[O-]. The normalized spacial score (nSPS) is 10.9. The Morgan fingerprint density at radius 1 is 1.47 bits per heavy atom. The molecule has 0 unspecified atom stereocenters. The highest BCUT2D eigenvalue weighted by Crippen LogP contribution is 2.07. The van der Waals surface area contributed by atoms with Crippen LogP contribution in [0.1, 0.15) is 19.5 Å². The number of rotatable bonds is 6. The summed E-state index contributed by atoms with van der Waals surface area (Å²) >= 11 is 0. The third-order valence-electron chi connectivity index (χ3n) is 2.58. The minimum absolute atomic E-state index is 0.0980. The van der Waals surface area contributed by atoms with Gasteiger partial charge in [-0.1, -0.05) is 19.9 Å². The maximum atomic E-state index is 11.4. The summed E-state index contributed by atoms with van der Waals surface area (Å²) in [6.45, 7) is 6.86. The van der Waals surface area contributed by atoms with Crippen LogP contribution in [0.5, 0.6) is 0 Å². The second-order valence-electron chi connectivity index (χ2n) is 4.65. The third-order valence-corrected chi connectivity index (χ3v) is 2.58. The van der Waals surface area contributed by atoms with Gasteiger partial charge in [-0.25, -0.2) is 0 Å². The summed E-state index contributed by atoms with van der Waals surface area (Å²) in [6.07, 6.45) is 4.85. The van der Waals surface area contributed by atoms with Crippen molar-refractivity contribution in [2.24, 2.45) is 5.92 Å². The van der Waals surface area contributed by atoms with Crippen LogP contribution < -0.4 is 15.4 Å². The number of nitrogens with one attached hydrogen (secondary N) is 2. The fourth-order valence-corrected chi connectivity index (χ4v) is 1.48. The molecule has 2 N–H and O–H groups in total. The zero-order valence-corrected chi connectivity index (χ0v) is 11.6. The lowest BCUT2D eigenvalue weighted by molar-refractivity contribution is -0.611. The van der Waals surface area contributed by atoms with Crippen molar-refractivity contribution in [1.29, 1.82) is 0 Å². The van der Waals surface area contributed by atoms with E-state index >= 15 is 0 Å². The van der Waals surface area contributed by atoms with Gasteiger partial charge in [-0.15, -0.1) is 0 Å². The van der Waals surface area contributed by atoms with Gasteiger partial charge >= 0.3 is 0 Å². The molecule has 5 nitrogen and oxygen atoms in total. The predicted octanol–water partition coefficient (Wildman–Crippen LogP) is 1.37. The Morgan fingerprint density at radius 2 is 2.21 bits per heavy atom. The van der Waals surface area contributed by atoms with Gasteiger partial charge in [-0.2, -0.15) is 4.73 Å². The van der Waals surface area contributed by atoms with E-state index in [-0.39, 0.29) is 5.91 Å². The molecule has 1 aromatic rings. The molecule has 0 atom stereocenters. The third kappa shape index (κ3) is 5.42. The smallest absolute Gasteiger partial charge is 0.243 e. The highest BCUT2D eigenvalue weighted by molar-refractivity contribution is 5.87. The molecule has 0 aromatic carbocycles. The highest BCUT2D eigenvalue weighted by Gasteiger charge is 2.05. The Kier molecular flexibility index (Phi) is 5.85. The molecule has 1 rings (SSSR count). The average molecular weight is 263 g/mol. The topological polar surface area (TPSA) is 68.1 Å². The second-order valence-corrected chi connectivity index (χ2v) is 4.65. The summed E-state index contributed by atoms with van der Waals surface area (Å²) in [6, 6.07) is 3.52. The van der Waals surface area contributed by atoms with Crippen LogP contribution in [0.3, 0.4) is 0 Å². The fraction of sp³-hybridized carbons (Fsp3) is 0.429. The summed E-state index contributed by atoms with van der Waals surface area (Å²) in [5, 5.41) is 17.2. The summed E-state index contributed by atoms with van der Waals surface area (Å²) in [4.78, 5) is 11.4. The molecular weight excluding hydrogens is 242 g/mol. The largest absolute Gasteiger partial charge is 0.618 e. The van der Waals surface area contributed by atoms with Crippen LogP contribution in [0, 0.1) is 18.0 Å². The molecule has 0 fully saturated rings. The first kappa shape index (κ1) is 15.0. The molecular formula is C14H21N3O2. The van der Waals surface area contributed by atoms with Gasteiger partial charge in [0, 0.05) is 26.1 Å². The van der Waals surface area contributed by atoms with Crippen molar-refractivity contribution in [3.63, 3.8) is 0 Å². The number of amides is 1. The second kappa shape index (κ2) is 7.41. The number of anilines is 1. The van der Waals surface area contributed by atoms with E-state index in [1.54, 1.807) is 19.1 Å². The molecule has 1 heterocycles. The number of allylic oxidation sites excluding steroid dienone is 1. The number of aromatic nitrogens is 1. The highest BCUT2D eigenvalue weighted by atomic mass is 16.5. The van der Waals surface area contributed by atoms with Gasteiger partial charge in [0.1, 0.15) is 5.69 Å². The van der Waals surface area contributed by atoms with Crippen molar-refractivity contribution >= 4 is 11.6 Å². The van der Waals surface area contributed by atoms with Crippen LogP contribution in [-0.2, 0) is 4.79 Å². The molecule has 104 valence electrons. The first-order valence-electron chi connectivity index (χ1n) is 6.39. The van der Waals surface area contributed by atoms with Crippen molar-refractivity contribution < 1.29 is 9.52 Å². The lowest BCUT2D eigenvalue weighted by Gasteiger charge is -2.09. The summed E-state index contributed by atoms with van der Waals surface area (Å²) in [7, 11) is 0. The van der Waals surface area contributed by atoms with Crippen molar-refractivity contribution in [3.05, 3.63) is 41.4 Å². The molecule has 0 spiro atoms. The molecule has 0 bridgehead atoms. The number of nitrogens with zero attached hydrogens (tertiary/aromatic N) is 1. The minimum Gasteiger partial charge on any atom is -0.618 e. The van der Waals surface area contributed by atoms with Crippen molar-refractivity contribution in [3.8, 4) is 0 Å². The number of pyridine rings is 1. The molecule has 0 aliphatic carbocycles. The zero-order valence-electron chi connectivity index (χ0n) is 11.6. The van der Waals surface area contributed by atoms with Gasteiger partial charge in [0.25, 0.3) is 0 Å². The van der Waals surface area contributed by atoms with Gasteiger partial charge in [0.15, 0.2) is 6.20 Å². The quantitative estimate of drug-likeness (QED) is 0.352. The Morgan fingerprint density at radius 3 is 2.89 bits per heavy atom. The molecule has 1 aromatic heterocycles. The van der Waals surface area contributed by atoms with Gasteiger partial charge < -0.3 is 15.8 Å². The summed E-state index contributed by atoms with van der Waals surface area (Å²) < 4.78 is 0.812. The molecule has 1 amide bonds. The Labute approximate surface area is 113 Å². The molecule has 0 aliphatic rings. The molecule has 0 saturated heterocycles. The van der Waals surface area contributed by atoms with E-state index in [9.17, 15) is 10.0 Å². The lowest BCUT2D eigenvalue weighted by atomic mass is 10.2. The molecule has 5 heteroatoms. The standard InChI is InChI=1S/C14H21N3O2/c1-11(2)6-7-14(18)16-9-8-15-13-5-4-10-17(19)12(13)3/h4-7,10-11,15H,8-9H2,1-3H3,(H,16,18). The van der Waals surface area contributed by atoms with Crippen LogP contribution in [-0.4, -0.2) is 19.0 Å². The maximum Gasteiger partial charge on any atom is 0.243 e. The number of hydrogen-bond donors (Lipinski definition) is 2. The van der Waals surface area contributed by atoms with E-state index in [1.807, 2.05) is 26.0 Å². The fourth-order valence-electron chi connectivity index (χ4n) is 1.48. The van der Waals surface area contributed by atoms with E-state index in [1.165, 1.54) is 6.20 Å². The van der Waals surface area contributed by atoms with Crippen LogP contribution in [0.2, 0.25) is 0 Å². The van der Waals surface area contributed by atoms with Crippen LogP contribution in [0.15, 0.2) is 30.5 Å².